The minimum atomic E-state index is -0.0493. The second-order valence-electron chi connectivity index (χ2n) is 5.40. The molecule has 0 aliphatic carbocycles. The third kappa shape index (κ3) is 2.35. The van der Waals surface area contributed by atoms with Crippen LogP contribution in [0.15, 0.2) is 12.3 Å². The average molecular weight is 286 g/mol. The summed E-state index contributed by atoms with van der Waals surface area (Å²) in [6, 6.07) is 1.71. The molecule has 0 saturated heterocycles. The third-order valence-corrected chi connectivity index (χ3v) is 3.32. The number of imidazole rings is 1. The lowest BCUT2D eigenvalue weighted by atomic mass is 9.90. The van der Waals surface area contributed by atoms with Crippen molar-refractivity contribution in [1.29, 1.82) is 0 Å². The summed E-state index contributed by atoms with van der Waals surface area (Å²) in [7, 11) is 0. The number of aromatic nitrogens is 2. The van der Waals surface area contributed by atoms with Crippen molar-refractivity contribution in [2.45, 2.75) is 32.6 Å². The van der Waals surface area contributed by atoms with Crippen molar-refractivity contribution in [2.75, 3.05) is 6.54 Å². The maximum absolute atomic E-state index is 6.20. The minimum absolute atomic E-state index is 0.0493. The van der Waals surface area contributed by atoms with Crippen molar-refractivity contribution in [2.24, 2.45) is 5.73 Å². The van der Waals surface area contributed by atoms with Crippen LogP contribution < -0.4 is 5.73 Å². The molecule has 0 aliphatic rings. The van der Waals surface area contributed by atoms with Gasteiger partial charge in [-0.3, -0.25) is 0 Å². The second kappa shape index (κ2) is 4.72. The molecule has 0 saturated carbocycles. The zero-order valence-electron chi connectivity index (χ0n) is 10.8. The van der Waals surface area contributed by atoms with Crippen LogP contribution in [-0.2, 0) is 11.8 Å². The van der Waals surface area contributed by atoms with Gasteiger partial charge in [0.25, 0.3) is 0 Å². The van der Waals surface area contributed by atoms with E-state index in [-0.39, 0.29) is 5.41 Å². The second-order valence-corrected chi connectivity index (χ2v) is 6.24. The molecule has 0 unspecified atom stereocenters. The van der Waals surface area contributed by atoms with E-state index in [1.54, 1.807) is 6.07 Å². The molecule has 5 heteroatoms. The highest BCUT2D eigenvalue weighted by atomic mass is 35.5. The first-order chi connectivity index (χ1) is 8.34. The van der Waals surface area contributed by atoms with Crippen molar-refractivity contribution in [3.8, 4) is 0 Å². The molecule has 2 rings (SSSR count). The average Bonchev–Trinajstić information content (AvgIpc) is 2.58. The van der Waals surface area contributed by atoms with Gasteiger partial charge >= 0.3 is 0 Å². The Hall–Kier alpha value is -0.770. The summed E-state index contributed by atoms with van der Waals surface area (Å²) in [5, 5.41) is 1.17. The molecule has 18 heavy (non-hydrogen) atoms. The van der Waals surface area contributed by atoms with E-state index < -0.39 is 0 Å². The van der Waals surface area contributed by atoms with Crippen molar-refractivity contribution < 1.29 is 0 Å². The van der Waals surface area contributed by atoms with E-state index in [1.165, 1.54) is 0 Å². The number of hydrogen-bond acceptors (Lipinski definition) is 2. The monoisotopic (exact) mass is 285 g/mol. The topological polar surface area (TPSA) is 43.3 Å². The van der Waals surface area contributed by atoms with Crippen molar-refractivity contribution in [3.63, 3.8) is 0 Å². The highest BCUT2D eigenvalue weighted by molar-refractivity contribution is 6.36. The molecule has 98 valence electrons. The highest BCUT2D eigenvalue weighted by Crippen LogP contribution is 2.30. The van der Waals surface area contributed by atoms with E-state index in [2.05, 4.69) is 25.8 Å². The van der Waals surface area contributed by atoms with Gasteiger partial charge in [-0.2, -0.15) is 0 Å². The number of fused-ring (bicyclic) bond motifs is 1. The van der Waals surface area contributed by atoms with E-state index in [4.69, 9.17) is 28.9 Å². The van der Waals surface area contributed by atoms with Crippen LogP contribution in [0.25, 0.3) is 5.65 Å². The van der Waals surface area contributed by atoms with Gasteiger partial charge in [-0.25, -0.2) is 4.98 Å². The zero-order chi connectivity index (χ0) is 13.5. The molecule has 0 bridgehead atoms. The summed E-state index contributed by atoms with van der Waals surface area (Å²) in [4.78, 5) is 4.66. The molecular weight excluding hydrogens is 269 g/mol. The van der Waals surface area contributed by atoms with Gasteiger partial charge < -0.3 is 10.1 Å². The SMILES string of the molecule is CC(C)(C)c1nc2c(Cl)cc(Cl)cn2c1CCN. The fourth-order valence-corrected chi connectivity index (χ4v) is 2.61. The smallest absolute Gasteiger partial charge is 0.156 e. The normalized spacial score (nSPS) is 12.3. The molecule has 2 aromatic rings. The molecule has 0 radical (unpaired) electrons. The van der Waals surface area contributed by atoms with Gasteiger partial charge in [0, 0.05) is 23.7 Å². The van der Waals surface area contributed by atoms with E-state index >= 15 is 0 Å². The predicted molar refractivity (Wildman–Crippen MR) is 76.7 cm³/mol. The maximum Gasteiger partial charge on any atom is 0.156 e. The van der Waals surface area contributed by atoms with Crippen LogP contribution in [0.3, 0.4) is 0 Å². The van der Waals surface area contributed by atoms with Gasteiger partial charge in [-0.15, -0.1) is 0 Å². The Balaban J connectivity index is 2.79. The third-order valence-electron chi connectivity index (χ3n) is 2.83. The van der Waals surface area contributed by atoms with Gasteiger partial charge in [0.05, 0.1) is 15.7 Å². The molecule has 0 aliphatic heterocycles. The molecule has 0 fully saturated rings. The van der Waals surface area contributed by atoms with Crippen LogP contribution in [0, 0.1) is 0 Å². The summed E-state index contributed by atoms with van der Waals surface area (Å²) in [5.41, 5.74) is 8.50. The summed E-state index contributed by atoms with van der Waals surface area (Å²) < 4.78 is 1.96. The Morgan fingerprint density at radius 3 is 2.56 bits per heavy atom. The first-order valence-electron chi connectivity index (χ1n) is 5.91. The maximum atomic E-state index is 6.20. The van der Waals surface area contributed by atoms with Crippen LogP contribution in [0.5, 0.6) is 0 Å². The molecule has 2 N–H and O–H groups in total. The molecular formula is C13H17Cl2N3. The van der Waals surface area contributed by atoms with Crippen molar-refractivity contribution >= 4 is 28.8 Å². The van der Waals surface area contributed by atoms with E-state index in [9.17, 15) is 0 Å². The fraction of sp³-hybridized carbons (Fsp3) is 0.462. The van der Waals surface area contributed by atoms with Crippen molar-refractivity contribution in [1.82, 2.24) is 9.38 Å². The lowest BCUT2D eigenvalue weighted by molar-refractivity contribution is 0.563. The first kappa shape index (κ1) is 13.7. The first-order valence-corrected chi connectivity index (χ1v) is 6.66. The molecule has 0 spiro atoms. The summed E-state index contributed by atoms with van der Waals surface area (Å²) >= 11 is 12.3. The Labute approximate surface area is 117 Å². The number of halogens is 2. The molecule has 0 amide bonds. The molecule has 2 heterocycles. The lowest BCUT2D eigenvalue weighted by Crippen LogP contribution is -2.17. The fourth-order valence-electron chi connectivity index (χ4n) is 2.10. The number of pyridine rings is 1. The summed E-state index contributed by atoms with van der Waals surface area (Å²) in [5.74, 6) is 0. The van der Waals surface area contributed by atoms with Gasteiger partial charge in [0.15, 0.2) is 5.65 Å². The van der Waals surface area contributed by atoms with Crippen LogP contribution in [0.4, 0.5) is 0 Å². The summed E-state index contributed by atoms with van der Waals surface area (Å²) in [6.45, 7) is 6.96. The van der Waals surface area contributed by atoms with Crippen LogP contribution in [-0.4, -0.2) is 15.9 Å². The molecule has 2 aromatic heterocycles. The van der Waals surface area contributed by atoms with Crippen LogP contribution >= 0.6 is 23.2 Å². The summed E-state index contributed by atoms with van der Waals surface area (Å²) in [6.07, 6.45) is 2.60. The predicted octanol–water partition coefficient (Wildman–Crippen LogP) is 3.44. The van der Waals surface area contributed by atoms with E-state index in [0.29, 0.717) is 16.6 Å². The minimum Gasteiger partial charge on any atom is -0.330 e. The number of hydrogen-bond donors (Lipinski definition) is 1. The van der Waals surface area contributed by atoms with Crippen LogP contribution in [0.2, 0.25) is 10.0 Å². The number of nitrogens with two attached hydrogens (primary N) is 1. The molecule has 0 aromatic carbocycles. The zero-order valence-corrected chi connectivity index (χ0v) is 12.3. The largest absolute Gasteiger partial charge is 0.330 e. The standard InChI is InChI=1S/C13H17Cl2N3/c1-13(2,3)11-10(4-5-16)18-7-8(14)6-9(15)12(18)17-11/h6-7H,4-5,16H2,1-3H3. The molecule has 3 nitrogen and oxygen atoms in total. The Morgan fingerprint density at radius 2 is 2.00 bits per heavy atom. The quantitative estimate of drug-likeness (QED) is 0.919. The van der Waals surface area contributed by atoms with E-state index in [0.717, 1.165) is 23.5 Å². The van der Waals surface area contributed by atoms with E-state index in [1.807, 2.05) is 10.6 Å². The lowest BCUT2D eigenvalue weighted by Gasteiger charge is -2.17. The Kier molecular flexibility index (Phi) is 3.58. The number of nitrogens with zero attached hydrogens (tertiary/aromatic N) is 2. The van der Waals surface area contributed by atoms with Gasteiger partial charge in [-0.05, 0) is 12.6 Å². The Morgan fingerprint density at radius 1 is 1.33 bits per heavy atom. The van der Waals surface area contributed by atoms with Gasteiger partial charge in [0.1, 0.15) is 0 Å². The van der Waals surface area contributed by atoms with Gasteiger partial charge in [0.2, 0.25) is 0 Å². The number of rotatable bonds is 2. The Bertz CT molecular complexity index is 582. The molecule has 0 atom stereocenters. The highest BCUT2D eigenvalue weighted by Gasteiger charge is 2.24. The van der Waals surface area contributed by atoms with Gasteiger partial charge in [-0.1, -0.05) is 44.0 Å². The van der Waals surface area contributed by atoms with Crippen LogP contribution in [0.1, 0.15) is 32.2 Å². The van der Waals surface area contributed by atoms with Crippen molar-refractivity contribution in [3.05, 3.63) is 33.7 Å².